The van der Waals surface area contributed by atoms with Crippen LogP contribution in [0.2, 0.25) is 0 Å². The van der Waals surface area contributed by atoms with E-state index in [2.05, 4.69) is 12.2 Å². The number of ether oxygens (including phenoxy) is 3. The number of carboxylic acid groups (broad SMARTS) is 1. The van der Waals surface area contributed by atoms with Gasteiger partial charge in [0.15, 0.2) is 0 Å². The van der Waals surface area contributed by atoms with Crippen molar-refractivity contribution in [2.24, 2.45) is 0 Å². The van der Waals surface area contributed by atoms with Crippen LogP contribution in [0.4, 0.5) is 0 Å². The van der Waals surface area contributed by atoms with E-state index in [1.165, 1.54) is 70.6 Å². The molecule has 0 aliphatic rings. The molecule has 0 aliphatic carbocycles. The largest absolute Gasteiger partial charge is 0.481 e. The summed E-state index contributed by atoms with van der Waals surface area (Å²) >= 11 is 0. The van der Waals surface area contributed by atoms with Crippen molar-refractivity contribution in [3.8, 4) is 0 Å². The molecule has 0 aromatic heterocycles. The SMILES string of the molecule is CCCCCCCCCCCCCCCC(=O)OCCOCCOCCCNC(=O)CCC(=O)O. The summed E-state index contributed by atoms with van der Waals surface area (Å²) in [7, 11) is 0. The number of nitrogens with one attached hydrogen (secondary N) is 1. The second-order valence-electron chi connectivity index (χ2n) is 9.04. The molecule has 0 atom stereocenters. The minimum absolute atomic E-state index is 0.00595. The summed E-state index contributed by atoms with van der Waals surface area (Å²) in [5.41, 5.74) is 0. The molecule has 1 amide bonds. The monoisotopic (exact) mass is 501 g/mol. The molecule has 0 aromatic carbocycles. The number of aliphatic carboxylic acids is 1. The number of carbonyl (C=O) groups is 3. The average molecular weight is 502 g/mol. The van der Waals surface area contributed by atoms with Gasteiger partial charge < -0.3 is 24.6 Å². The van der Waals surface area contributed by atoms with Crippen LogP contribution in [0.5, 0.6) is 0 Å². The number of unbranched alkanes of at least 4 members (excludes halogenated alkanes) is 12. The number of hydrogen-bond donors (Lipinski definition) is 2. The molecular weight excluding hydrogens is 450 g/mol. The Hall–Kier alpha value is -1.67. The van der Waals surface area contributed by atoms with Crippen LogP contribution in [0.15, 0.2) is 0 Å². The van der Waals surface area contributed by atoms with Gasteiger partial charge in [0.05, 0.1) is 26.2 Å². The van der Waals surface area contributed by atoms with Gasteiger partial charge in [-0.1, -0.05) is 84.0 Å². The number of esters is 1. The highest BCUT2D eigenvalue weighted by molar-refractivity contribution is 5.80. The van der Waals surface area contributed by atoms with Gasteiger partial charge in [0.1, 0.15) is 6.61 Å². The molecule has 0 radical (unpaired) electrons. The number of carbonyl (C=O) groups excluding carboxylic acids is 2. The molecular formula is C27H51NO7. The van der Waals surface area contributed by atoms with Gasteiger partial charge in [-0.3, -0.25) is 14.4 Å². The first kappa shape index (κ1) is 33.3. The van der Waals surface area contributed by atoms with Crippen molar-refractivity contribution in [1.82, 2.24) is 5.32 Å². The molecule has 0 saturated carbocycles. The van der Waals surface area contributed by atoms with Gasteiger partial charge in [0.2, 0.25) is 5.91 Å². The Labute approximate surface area is 212 Å². The second-order valence-corrected chi connectivity index (χ2v) is 9.04. The third-order valence-electron chi connectivity index (χ3n) is 5.70. The predicted octanol–water partition coefficient (Wildman–Crippen LogP) is 5.42. The van der Waals surface area contributed by atoms with Crippen molar-refractivity contribution < 1.29 is 33.7 Å². The van der Waals surface area contributed by atoms with Crippen molar-refractivity contribution in [2.75, 3.05) is 39.6 Å². The van der Waals surface area contributed by atoms with Crippen LogP contribution in [0, 0.1) is 0 Å². The fourth-order valence-electron chi connectivity index (χ4n) is 3.61. The lowest BCUT2D eigenvalue weighted by molar-refractivity contribution is -0.145. The van der Waals surface area contributed by atoms with E-state index in [-0.39, 0.29) is 31.3 Å². The van der Waals surface area contributed by atoms with Crippen molar-refractivity contribution in [1.29, 1.82) is 0 Å². The van der Waals surface area contributed by atoms with Crippen LogP contribution in [-0.4, -0.2) is 62.5 Å². The molecule has 0 aliphatic heterocycles. The fourth-order valence-corrected chi connectivity index (χ4v) is 3.61. The summed E-state index contributed by atoms with van der Waals surface area (Å²) in [6, 6.07) is 0. The van der Waals surface area contributed by atoms with Crippen molar-refractivity contribution >= 4 is 17.8 Å². The molecule has 0 heterocycles. The van der Waals surface area contributed by atoms with Crippen LogP contribution in [-0.2, 0) is 28.6 Å². The normalized spacial score (nSPS) is 10.9. The average Bonchev–Trinajstić information content (AvgIpc) is 2.84. The smallest absolute Gasteiger partial charge is 0.305 e. The Morgan fingerprint density at radius 1 is 0.600 bits per heavy atom. The van der Waals surface area contributed by atoms with E-state index >= 15 is 0 Å². The Balaban J connectivity index is 3.22. The molecule has 0 saturated heterocycles. The van der Waals surface area contributed by atoms with Gasteiger partial charge in [-0.2, -0.15) is 0 Å². The van der Waals surface area contributed by atoms with Crippen LogP contribution in [0.1, 0.15) is 116 Å². The highest BCUT2D eigenvalue weighted by Gasteiger charge is 2.04. The maximum absolute atomic E-state index is 11.7. The van der Waals surface area contributed by atoms with Gasteiger partial charge in [0, 0.05) is 26.0 Å². The molecule has 8 nitrogen and oxygen atoms in total. The van der Waals surface area contributed by atoms with E-state index in [1.807, 2.05) is 0 Å². The molecule has 0 aromatic rings. The maximum atomic E-state index is 11.7. The van der Waals surface area contributed by atoms with E-state index in [0.717, 1.165) is 12.8 Å². The van der Waals surface area contributed by atoms with Crippen LogP contribution in [0.3, 0.4) is 0 Å². The van der Waals surface area contributed by atoms with Gasteiger partial charge in [-0.15, -0.1) is 0 Å². The standard InChI is InChI=1S/C27H51NO7/c1-2-3-4-5-6-7-8-9-10-11-12-13-14-16-27(32)35-24-23-34-22-21-33-20-15-19-28-25(29)17-18-26(30)31/h2-24H2,1H3,(H,28,29)(H,30,31). The Morgan fingerprint density at radius 2 is 1.11 bits per heavy atom. The first-order valence-corrected chi connectivity index (χ1v) is 13.9. The van der Waals surface area contributed by atoms with Gasteiger partial charge in [0.25, 0.3) is 0 Å². The summed E-state index contributed by atoms with van der Waals surface area (Å²) in [6.07, 6.45) is 17.7. The maximum Gasteiger partial charge on any atom is 0.305 e. The van der Waals surface area contributed by atoms with Crippen LogP contribution < -0.4 is 5.32 Å². The second kappa shape index (κ2) is 26.9. The third-order valence-corrected chi connectivity index (χ3v) is 5.70. The molecule has 0 unspecified atom stereocenters. The Bertz CT molecular complexity index is 514. The zero-order valence-electron chi connectivity index (χ0n) is 22.2. The molecule has 8 heteroatoms. The first-order valence-electron chi connectivity index (χ1n) is 13.9. The third kappa shape index (κ3) is 28.5. The van der Waals surface area contributed by atoms with Gasteiger partial charge in [-0.25, -0.2) is 0 Å². The summed E-state index contributed by atoms with van der Waals surface area (Å²) in [5, 5.41) is 11.2. The Kier molecular flexibility index (Phi) is 25.6. The highest BCUT2D eigenvalue weighted by Crippen LogP contribution is 2.13. The zero-order chi connectivity index (χ0) is 25.8. The molecule has 0 spiro atoms. The summed E-state index contributed by atoms with van der Waals surface area (Å²) < 4.78 is 16.0. The topological polar surface area (TPSA) is 111 Å². The molecule has 0 rings (SSSR count). The number of rotatable bonds is 27. The number of amides is 1. The van der Waals surface area contributed by atoms with E-state index in [9.17, 15) is 14.4 Å². The minimum atomic E-state index is -0.979. The molecule has 0 fully saturated rings. The molecule has 0 bridgehead atoms. The molecule has 206 valence electrons. The zero-order valence-corrected chi connectivity index (χ0v) is 22.2. The van der Waals surface area contributed by atoms with Crippen LogP contribution >= 0.6 is 0 Å². The van der Waals surface area contributed by atoms with Gasteiger partial charge in [-0.05, 0) is 12.8 Å². The predicted molar refractivity (Wildman–Crippen MR) is 137 cm³/mol. The van der Waals surface area contributed by atoms with E-state index in [0.29, 0.717) is 45.8 Å². The summed E-state index contributed by atoms with van der Waals surface area (Å²) in [5.74, 6) is -1.40. The van der Waals surface area contributed by atoms with Crippen molar-refractivity contribution in [3.05, 3.63) is 0 Å². The van der Waals surface area contributed by atoms with E-state index in [1.54, 1.807) is 0 Å². The van der Waals surface area contributed by atoms with Gasteiger partial charge >= 0.3 is 11.9 Å². The summed E-state index contributed by atoms with van der Waals surface area (Å²) in [6.45, 7) is 4.66. The van der Waals surface area contributed by atoms with E-state index in [4.69, 9.17) is 19.3 Å². The van der Waals surface area contributed by atoms with Crippen molar-refractivity contribution in [3.63, 3.8) is 0 Å². The number of hydrogen-bond acceptors (Lipinski definition) is 6. The summed E-state index contributed by atoms with van der Waals surface area (Å²) in [4.78, 5) is 33.4. The van der Waals surface area contributed by atoms with Crippen LogP contribution in [0.25, 0.3) is 0 Å². The molecule has 35 heavy (non-hydrogen) atoms. The number of carboxylic acids is 1. The minimum Gasteiger partial charge on any atom is -0.481 e. The lowest BCUT2D eigenvalue weighted by atomic mass is 10.0. The fraction of sp³-hybridized carbons (Fsp3) is 0.889. The van der Waals surface area contributed by atoms with Crippen molar-refractivity contribution in [2.45, 2.75) is 116 Å². The lowest BCUT2D eigenvalue weighted by Crippen LogP contribution is -2.25. The van der Waals surface area contributed by atoms with E-state index < -0.39 is 5.97 Å². The molecule has 2 N–H and O–H groups in total. The highest BCUT2D eigenvalue weighted by atomic mass is 16.6. The quantitative estimate of drug-likeness (QED) is 0.114. The first-order chi connectivity index (χ1) is 17.1. The lowest BCUT2D eigenvalue weighted by Gasteiger charge is -2.08. The Morgan fingerprint density at radius 3 is 1.69 bits per heavy atom.